The minimum atomic E-state index is -0.227. The number of amides is 1. The van der Waals surface area contributed by atoms with Crippen molar-refractivity contribution in [2.24, 2.45) is 0 Å². The molecule has 0 saturated carbocycles. The highest BCUT2D eigenvalue weighted by atomic mass is 19.1. The average molecular weight is 306 g/mol. The fourth-order valence-electron chi connectivity index (χ4n) is 3.06. The fourth-order valence-corrected chi connectivity index (χ4v) is 3.06. The minimum absolute atomic E-state index is 0.177. The van der Waals surface area contributed by atoms with E-state index < -0.39 is 0 Å². The van der Waals surface area contributed by atoms with Crippen LogP contribution in [-0.2, 0) is 4.79 Å². The van der Waals surface area contributed by atoms with Crippen LogP contribution < -0.4 is 0 Å². The van der Waals surface area contributed by atoms with E-state index in [1.807, 2.05) is 4.90 Å². The predicted molar refractivity (Wildman–Crippen MR) is 87.3 cm³/mol. The number of halogens is 1. The van der Waals surface area contributed by atoms with E-state index in [2.05, 4.69) is 25.7 Å². The molecule has 1 amide bonds. The number of nitrogens with zero attached hydrogens (tertiary/aromatic N) is 2. The van der Waals surface area contributed by atoms with Crippen molar-refractivity contribution in [3.63, 3.8) is 0 Å². The van der Waals surface area contributed by atoms with Crippen molar-refractivity contribution in [3.8, 4) is 0 Å². The molecule has 0 radical (unpaired) electrons. The van der Waals surface area contributed by atoms with E-state index in [-0.39, 0.29) is 17.6 Å². The Balaban J connectivity index is 1.91. The molecule has 2 rings (SSSR count). The van der Waals surface area contributed by atoms with Crippen molar-refractivity contribution in [1.29, 1.82) is 0 Å². The monoisotopic (exact) mass is 306 g/mol. The van der Waals surface area contributed by atoms with Crippen LogP contribution in [0.15, 0.2) is 24.3 Å². The molecule has 1 aliphatic heterocycles. The number of piperazine rings is 1. The van der Waals surface area contributed by atoms with Gasteiger partial charge >= 0.3 is 0 Å². The second kappa shape index (κ2) is 7.73. The first-order chi connectivity index (χ1) is 10.5. The Bertz CT molecular complexity index is 478. The Morgan fingerprint density at radius 2 is 1.73 bits per heavy atom. The van der Waals surface area contributed by atoms with Gasteiger partial charge in [-0.25, -0.2) is 4.39 Å². The first-order valence-corrected chi connectivity index (χ1v) is 8.28. The molecular formula is C18H27FN2O. The standard InChI is InChI=1S/C18H27FN2O/c1-4-15(16-5-7-17(19)8-6-16)13-18(22)21-11-9-20(10-12-21)14(2)3/h5-8,14-15H,4,9-13H2,1-3H3. The van der Waals surface area contributed by atoms with Gasteiger partial charge in [0.15, 0.2) is 0 Å². The van der Waals surface area contributed by atoms with Crippen molar-refractivity contribution >= 4 is 5.91 Å². The van der Waals surface area contributed by atoms with Crippen LogP contribution in [0.5, 0.6) is 0 Å². The van der Waals surface area contributed by atoms with E-state index in [4.69, 9.17) is 0 Å². The number of rotatable bonds is 5. The smallest absolute Gasteiger partial charge is 0.223 e. The number of carbonyl (C=O) groups is 1. The number of hydrogen-bond donors (Lipinski definition) is 0. The molecule has 1 atom stereocenters. The van der Waals surface area contributed by atoms with Crippen molar-refractivity contribution in [3.05, 3.63) is 35.6 Å². The maximum atomic E-state index is 13.0. The molecule has 0 aliphatic carbocycles. The molecule has 4 heteroatoms. The Morgan fingerprint density at radius 3 is 2.23 bits per heavy atom. The van der Waals surface area contributed by atoms with E-state index >= 15 is 0 Å². The van der Waals surface area contributed by atoms with Gasteiger partial charge in [0.25, 0.3) is 0 Å². The van der Waals surface area contributed by atoms with Crippen LogP contribution >= 0.6 is 0 Å². The summed E-state index contributed by atoms with van der Waals surface area (Å²) >= 11 is 0. The van der Waals surface area contributed by atoms with Gasteiger partial charge in [0.2, 0.25) is 5.91 Å². The highest BCUT2D eigenvalue weighted by Gasteiger charge is 2.24. The van der Waals surface area contributed by atoms with Gasteiger partial charge in [0.1, 0.15) is 5.82 Å². The Morgan fingerprint density at radius 1 is 1.14 bits per heavy atom. The predicted octanol–water partition coefficient (Wildman–Crippen LogP) is 3.26. The first kappa shape index (κ1) is 16.9. The highest BCUT2D eigenvalue weighted by Crippen LogP contribution is 2.24. The lowest BCUT2D eigenvalue weighted by Gasteiger charge is -2.37. The summed E-state index contributed by atoms with van der Waals surface area (Å²) in [6.07, 6.45) is 1.41. The lowest BCUT2D eigenvalue weighted by Crippen LogP contribution is -2.50. The third kappa shape index (κ3) is 4.29. The molecule has 1 fully saturated rings. The van der Waals surface area contributed by atoms with Gasteiger partial charge in [-0.3, -0.25) is 9.69 Å². The quantitative estimate of drug-likeness (QED) is 0.833. The van der Waals surface area contributed by atoms with Crippen LogP contribution in [0.4, 0.5) is 4.39 Å². The second-order valence-corrected chi connectivity index (χ2v) is 6.37. The molecule has 1 unspecified atom stereocenters. The van der Waals surface area contributed by atoms with Gasteiger partial charge in [0.05, 0.1) is 0 Å². The van der Waals surface area contributed by atoms with Gasteiger partial charge in [0, 0.05) is 38.6 Å². The van der Waals surface area contributed by atoms with Crippen molar-refractivity contribution in [2.75, 3.05) is 26.2 Å². The summed E-state index contributed by atoms with van der Waals surface area (Å²) in [4.78, 5) is 16.9. The molecule has 0 N–H and O–H groups in total. The first-order valence-electron chi connectivity index (χ1n) is 8.28. The summed E-state index contributed by atoms with van der Waals surface area (Å²) in [5.74, 6) is 0.172. The number of hydrogen-bond acceptors (Lipinski definition) is 2. The molecule has 1 saturated heterocycles. The molecule has 0 spiro atoms. The number of carbonyl (C=O) groups excluding carboxylic acids is 1. The van der Waals surface area contributed by atoms with Crippen LogP contribution in [0.25, 0.3) is 0 Å². The SMILES string of the molecule is CCC(CC(=O)N1CCN(C(C)C)CC1)c1ccc(F)cc1. The average Bonchev–Trinajstić information content (AvgIpc) is 2.53. The molecule has 0 aromatic heterocycles. The second-order valence-electron chi connectivity index (χ2n) is 6.37. The van der Waals surface area contributed by atoms with Gasteiger partial charge in [-0.15, -0.1) is 0 Å². The Labute approximate surface area is 133 Å². The Hall–Kier alpha value is -1.42. The van der Waals surface area contributed by atoms with E-state index in [9.17, 15) is 9.18 Å². The van der Waals surface area contributed by atoms with Crippen LogP contribution in [0, 0.1) is 5.82 Å². The zero-order chi connectivity index (χ0) is 16.1. The molecule has 0 bridgehead atoms. The summed E-state index contributed by atoms with van der Waals surface area (Å²) in [7, 11) is 0. The van der Waals surface area contributed by atoms with Gasteiger partial charge in [-0.2, -0.15) is 0 Å². The van der Waals surface area contributed by atoms with Crippen LogP contribution in [0.3, 0.4) is 0 Å². The third-order valence-electron chi connectivity index (χ3n) is 4.65. The van der Waals surface area contributed by atoms with E-state index in [1.165, 1.54) is 12.1 Å². The molecule has 1 aromatic rings. The summed E-state index contributed by atoms with van der Waals surface area (Å²) in [6.45, 7) is 10.0. The minimum Gasteiger partial charge on any atom is -0.340 e. The van der Waals surface area contributed by atoms with Gasteiger partial charge < -0.3 is 4.90 Å². The molecule has 3 nitrogen and oxygen atoms in total. The summed E-state index contributed by atoms with van der Waals surface area (Å²) in [5, 5.41) is 0. The maximum absolute atomic E-state index is 13.0. The Kier molecular flexibility index (Phi) is 5.95. The van der Waals surface area contributed by atoms with Crippen LogP contribution in [0.2, 0.25) is 0 Å². The summed E-state index contributed by atoms with van der Waals surface area (Å²) < 4.78 is 13.0. The lowest BCUT2D eigenvalue weighted by molar-refractivity contribution is -0.133. The van der Waals surface area contributed by atoms with Gasteiger partial charge in [-0.1, -0.05) is 19.1 Å². The summed E-state index contributed by atoms with van der Waals surface area (Å²) in [5.41, 5.74) is 1.05. The van der Waals surface area contributed by atoms with Crippen molar-refractivity contribution in [1.82, 2.24) is 9.80 Å². The molecule has 1 aromatic carbocycles. The molecule has 122 valence electrons. The largest absolute Gasteiger partial charge is 0.340 e. The summed E-state index contributed by atoms with van der Waals surface area (Å²) in [6, 6.07) is 7.09. The fraction of sp³-hybridized carbons (Fsp3) is 0.611. The maximum Gasteiger partial charge on any atom is 0.223 e. The van der Waals surface area contributed by atoms with Crippen molar-refractivity contribution in [2.45, 2.75) is 45.6 Å². The zero-order valence-electron chi connectivity index (χ0n) is 13.9. The van der Waals surface area contributed by atoms with E-state index in [1.54, 1.807) is 12.1 Å². The molecule has 22 heavy (non-hydrogen) atoms. The normalized spacial score (nSPS) is 17.8. The third-order valence-corrected chi connectivity index (χ3v) is 4.65. The van der Waals surface area contributed by atoms with Crippen LogP contribution in [0.1, 0.15) is 45.1 Å². The molecular weight excluding hydrogens is 279 g/mol. The highest BCUT2D eigenvalue weighted by molar-refractivity contribution is 5.77. The van der Waals surface area contributed by atoms with Gasteiger partial charge in [-0.05, 0) is 43.9 Å². The topological polar surface area (TPSA) is 23.6 Å². The molecule has 1 aliphatic rings. The zero-order valence-corrected chi connectivity index (χ0v) is 13.9. The van der Waals surface area contributed by atoms with E-state index in [0.717, 1.165) is 38.2 Å². The van der Waals surface area contributed by atoms with Crippen molar-refractivity contribution < 1.29 is 9.18 Å². The van der Waals surface area contributed by atoms with E-state index in [0.29, 0.717) is 12.5 Å². The van der Waals surface area contributed by atoms with Crippen LogP contribution in [-0.4, -0.2) is 47.9 Å². The molecule has 1 heterocycles. The number of benzene rings is 1. The lowest BCUT2D eigenvalue weighted by atomic mass is 9.92.